The zero-order valence-electron chi connectivity index (χ0n) is 12.4. The summed E-state index contributed by atoms with van der Waals surface area (Å²) >= 11 is 0. The molecule has 0 rings (SSSR count). The molecule has 0 amide bonds. The second-order valence-corrected chi connectivity index (χ2v) is 2.02. The molecule has 0 aliphatic rings. The van der Waals surface area contributed by atoms with Gasteiger partial charge in [0.2, 0.25) is 0 Å². The molecule has 0 saturated carbocycles. The van der Waals surface area contributed by atoms with Gasteiger partial charge >= 0.3 is 23.1 Å². The molecule has 0 aromatic rings. The number of hydrogen-bond acceptors (Lipinski definition) is 6. The first-order chi connectivity index (χ1) is 6.93. The molecular weight excluding hydrogens is 367 g/mol. The van der Waals surface area contributed by atoms with Crippen LogP contribution in [0, 0.1) is 0 Å². The number of carboxylic acids is 4. The summed E-state index contributed by atoms with van der Waals surface area (Å²) in [6, 6.07) is 0. The van der Waals surface area contributed by atoms with Gasteiger partial charge in [-0.3, -0.25) is 9.59 Å². The van der Waals surface area contributed by atoms with Gasteiger partial charge in [0, 0.05) is 42.9 Å². The van der Waals surface area contributed by atoms with Crippen molar-refractivity contribution >= 4 is 46.9 Å². The molecule has 0 unspecified atom stereocenters. The smallest absolute Gasteiger partial charge is 0.550 e. The van der Waals surface area contributed by atoms with E-state index in [1.54, 1.807) is 0 Å². The van der Waals surface area contributed by atoms with E-state index in [0.29, 0.717) is 0 Å². The number of carbonyl (C=O) groups excluding carboxylic acids is 2. The van der Waals surface area contributed by atoms with Crippen LogP contribution in [0.5, 0.6) is 0 Å². The number of rotatable bonds is 0. The fraction of sp³-hybridized carbons (Fsp3) is 0.500. The van der Waals surface area contributed by atoms with Crippen LogP contribution in [0.15, 0.2) is 0 Å². The molecule has 0 heterocycles. The van der Waals surface area contributed by atoms with Crippen LogP contribution in [0.2, 0.25) is 0 Å². The van der Waals surface area contributed by atoms with Crippen molar-refractivity contribution in [3.63, 3.8) is 0 Å². The molecule has 0 aromatic heterocycles. The third kappa shape index (κ3) is 6230. The maximum absolute atomic E-state index is 9.00. The third-order valence-electron chi connectivity index (χ3n) is 0. The Morgan fingerprint density at radius 1 is 0.636 bits per heavy atom. The normalized spacial score (nSPS) is 4.55. The Labute approximate surface area is 153 Å². The summed E-state index contributed by atoms with van der Waals surface area (Å²) in [6.45, 7) is 4.11. The van der Waals surface area contributed by atoms with E-state index >= 15 is 0 Å². The number of aliphatic carboxylic acids is 4. The Bertz CT molecular complexity index is 171. The van der Waals surface area contributed by atoms with Gasteiger partial charge in [-0.1, -0.05) is 0 Å². The van der Waals surface area contributed by atoms with Crippen LogP contribution >= 0.6 is 0 Å². The van der Waals surface area contributed by atoms with Gasteiger partial charge < -0.3 is 51.9 Å². The Hall–Kier alpha value is -0.994. The molecule has 22 heavy (non-hydrogen) atoms. The minimum absolute atomic E-state index is 0. The molecule has 12 nitrogen and oxygen atoms in total. The van der Waals surface area contributed by atoms with E-state index in [1.165, 1.54) is 0 Å². The quantitative estimate of drug-likeness (QED) is 0.375. The van der Waals surface area contributed by atoms with Crippen molar-refractivity contribution in [1.82, 2.24) is 0 Å². The average Bonchev–Trinajstić information content (AvgIpc) is 1.76. The summed E-state index contributed by atoms with van der Waals surface area (Å²) in [6.07, 6.45) is 0. The van der Waals surface area contributed by atoms with Gasteiger partial charge in [0.1, 0.15) is 0 Å². The molecule has 0 bridgehead atoms. The topological polar surface area (TPSA) is 281 Å². The van der Waals surface area contributed by atoms with Gasteiger partial charge in [0.05, 0.1) is 0 Å². The number of carbonyl (C=O) groups is 4. The Balaban J connectivity index is -0.00000001000. The SMILES string of the molecule is CC(=O)O.CC(=O)O.CC(=O)[O-].CC(=O)[O-].O.O.O.O.[Mg+2].[Mn]. The summed E-state index contributed by atoms with van der Waals surface area (Å²) in [7, 11) is 0. The van der Waals surface area contributed by atoms with Crippen molar-refractivity contribution < 1.29 is 78.6 Å². The fourth-order valence-electron chi connectivity index (χ4n) is 0. The van der Waals surface area contributed by atoms with Gasteiger partial charge in [-0.25, -0.2) is 0 Å². The van der Waals surface area contributed by atoms with Gasteiger partial charge in [0.15, 0.2) is 0 Å². The number of hydrogen-bond donors (Lipinski definition) is 2. The van der Waals surface area contributed by atoms with Crippen molar-refractivity contribution in [2.45, 2.75) is 27.7 Å². The molecule has 135 valence electrons. The predicted octanol–water partition coefficient (Wildman–Crippen LogP) is -5.99. The van der Waals surface area contributed by atoms with Gasteiger partial charge in [-0.2, -0.15) is 0 Å². The molecule has 0 saturated heterocycles. The molecular formula is C8H22MgMnO12. The first-order valence-corrected chi connectivity index (χ1v) is 3.67. The summed E-state index contributed by atoms with van der Waals surface area (Å²) in [4.78, 5) is 35.8. The van der Waals surface area contributed by atoms with Crippen LogP contribution in [0.3, 0.4) is 0 Å². The minimum Gasteiger partial charge on any atom is -0.550 e. The van der Waals surface area contributed by atoms with E-state index < -0.39 is 23.9 Å². The fourth-order valence-corrected chi connectivity index (χ4v) is 0. The van der Waals surface area contributed by atoms with Crippen LogP contribution in [-0.4, -0.2) is 79.0 Å². The molecule has 14 heteroatoms. The van der Waals surface area contributed by atoms with Crippen molar-refractivity contribution in [2.24, 2.45) is 0 Å². The van der Waals surface area contributed by atoms with Crippen molar-refractivity contribution in [2.75, 3.05) is 0 Å². The average molecular weight is 389 g/mol. The zero-order valence-corrected chi connectivity index (χ0v) is 15.0. The summed E-state index contributed by atoms with van der Waals surface area (Å²) in [5, 5.41) is 32.6. The van der Waals surface area contributed by atoms with Gasteiger partial charge in [0.25, 0.3) is 11.9 Å². The maximum atomic E-state index is 9.00. The van der Waals surface area contributed by atoms with E-state index in [4.69, 9.17) is 39.6 Å². The maximum Gasteiger partial charge on any atom is 2.00 e. The van der Waals surface area contributed by atoms with E-state index in [2.05, 4.69) is 0 Å². The molecule has 0 aromatic carbocycles. The van der Waals surface area contributed by atoms with E-state index in [0.717, 1.165) is 27.7 Å². The predicted molar refractivity (Wildman–Crippen MR) is 68.2 cm³/mol. The minimum atomic E-state index is -1.08. The standard InChI is InChI=1S/4C2H4O2.Mg.Mn.4H2O/c4*1-2(3)4;;;;;;/h4*1H3,(H,3,4);;;4*1H2/q;;;;+2;;;;;/p-2. The van der Waals surface area contributed by atoms with Crippen LogP contribution in [-0.2, 0) is 36.2 Å². The van der Waals surface area contributed by atoms with Crippen LogP contribution < -0.4 is 10.2 Å². The van der Waals surface area contributed by atoms with Gasteiger partial charge in [-0.15, -0.1) is 0 Å². The summed E-state index contributed by atoms with van der Waals surface area (Å²) in [5.74, 6) is -3.83. The first-order valence-electron chi connectivity index (χ1n) is 3.67. The van der Waals surface area contributed by atoms with Crippen LogP contribution in [0.25, 0.3) is 0 Å². The van der Waals surface area contributed by atoms with Gasteiger partial charge in [-0.05, 0) is 13.8 Å². The van der Waals surface area contributed by atoms with Crippen molar-refractivity contribution in [3.8, 4) is 0 Å². The molecule has 0 aliphatic heterocycles. The second kappa shape index (κ2) is 59.7. The largest absolute Gasteiger partial charge is 2.00 e. The third-order valence-corrected chi connectivity index (χ3v) is 0. The van der Waals surface area contributed by atoms with Crippen LogP contribution in [0.1, 0.15) is 27.7 Å². The molecule has 0 fully saturated rings. The Morgan fingerprint density at radius 3 is 0.636 bits per heavy atom. The van der Waals surface area contributed by atoms with Crippen molar-refractivity contribution in [3.05, 3.63) is 0 Å². The number of carboxylic acid groups (broad SMARTS) is 4. The first kappa shape index (κ1) is 69.4. The Morgan fingerprint density at radius 2 is 0.636 bits per heavy atom. The summed E-state index contributed by atoms with van der Waals surface area (Å²) < 4.78 is 0. The second-order valence-electron chi connectivity index (χ2n) is 2.02. The van der Waals surface area contributed by atoms with E-state index in [-0.39, 0.29) is 62.0 Å². The van der Waals surface area contributed by atoms with Crippen LogP contribution in [0.4, 0.5) is 0 Å². The monoisotopic (exact) mass is 389 g/mol. The molecule has 0 spiro atoms. The van der Waals surface area contributed by atoms with Crippen molar-refractivity contribution in [1.29, 1.82) is 0 Å². The molecule has 0 aliphatic carbocycles. The Kier molecular flexibility index (Phi) is 188. The molecule has 1 radical (unpaired) electrons. The van der Waals surface area contributed by atoms with E-state index in [1.807, 2.05) is 0 Å². The summed E-state index contributed by atoms with van der Waals surface area (Å²) in [5.41, 5.74) is 0. The molecule has 0 atom stereocenters. The molecule has 10 N–H and O–H groups in total. The van der Waals surface area contributed by atoms with E-state index in [9.17, 15) is 0 Å². The zero-order chi connectivity index (χ0) is 14.3.